The molecule has 0 aromatic heterocycles. The molecule has 1 heterocycles. The molecular formula is C20H29NO4. The Morgan fingerprint density at radius 2 is 1.32 bits per heavy atom. The molecule has 1 aromatic rings. The summed E-state index contributed by atoms with van der Waals surface area (Å²) in [7, 11) is 0. The molecule has 0 spiro atoms. The molecule has 0 saturated carbocycles. The highest BCUT2D eigenvalue weighted by molar-refractivity contribution is 6.21. The summed E-state index contributed by atoms with van der Waals surface area (Å²) in [6, 6.07) is 7.01. The first-order valence-electron chi connectivity index (χ1n) is 9.36. The highest BCUT2D eigenvalue weighted by Crippen LogP contribution is 2.22. The van der Waals surface area contributed by atoms with E-state index in [-0.39, 0.29) is 11.8 Å². The molecule has 1 aromatic carbocycles. The number of nitrogens with zero attached hydrogens (tertiary/aromatic N) is 1. The van der Waals surface area contributed by atoms with Gasteiger partial charge >= 0.3 is 0 Å². The van der Waals surface area contributed by atoms with E-state index in [2.05, 4.69) is 6.92 Å². The molecule has 2 rings (SSSR count). The number of amides is 2. The summed E-state index contributed by atoms with van der Waals surface area (Å²) in [5, 5.41) is 0. The van der Waals surface area contributed by atoms with Gasteiger partial charge in [0.1, 0.15) is 0 Å². The zero-order valence-corrected chi connectivity index (χ0v) is 15.2. The Labute approximate surface area is 150 Å². The summed E-state index contributed by atoms with van der Waals surface area (Å²) in [4.78, 5) is 25.8. The van der Waals surface area contributed by atoms with E-state index in [9.17, 15) is 9.59 Å². The standard InChI is InChI=1S/C20H29NO4/c1-2-3-8-13-24-15-16-25-14-9-4-7-12-21-19(22)17-10-5-6-11-18(17)20(21)23/h5-6,10-11H,2-4,7-9,12-16H2,1H3. The number of rotatable bonds is 13. The number of unbranched alkanes of at least 4 members (excludes halogenated alkanes) is 4. The third-order valence-corrected chi connectivity index (χ3v) is 4.31. The predicted molar refractivity (Wildman–Crippen MR) is 96.8 cm³/mol. The Hall–Kier alpha value is -1.72. The van der Waals surface area contributed by atoms with Crippen LogP contribution in [-0.2, 0) is 9.47 Å². The van der Waals surface area contributed by atoms with E-state index in [1.54, 1.807) is 24.3 Å². The van der Waals surface area contributed by atoms with Crippen LogP contribution >= 0.6 is 0 Å². The first-order valence-corrected chi connectivity index (χ1v) is 9.36. The van der Waals surface area contributed by atoms with Crippen molar-refractivity contribution in [2.24, 2.45) is 0 Å². The number of fused-ring (bicyclic) bond motifs is 1. The maximum absolute atomic E-state index is 12.2. The van der Waals surface area contributed by atoms with Crippen molar-refractivity contribution < 1.29 is 19.1 Å². The van der Waals surface area contributed by atoms with Gasteiger partial charge in [0, 0.05) is 19.8 Å². The van der Waals surface area contributed by atoms with Crippen molar-refractivity contribution in [2.75, 3.05) is 33.0 Å². The summed E-state index contributed by atoms with van der Waals surface area (Å²) in [5.74, 6) is -0.339. The summed E-state index contributed by atoms with van der Waals surface area (Å²) >= 11 is 0. The lowest BCUT2D eigenvalue weighted by Crippen LogP contribution is -2.30. The van der Waals surface area contributed by atoms with Gasteiger partial charge in [-0.25, -0.2) is 0 Å². The molecule has 1 aliphatic heterocycles. The molecule has 0 bridgehead atoms. The molecule has 0 saturated heterocycles. The van der Waals surface area contributed by atoms with Crippen LogP contribution in [0.15, 0.2) is 24.3 Å². The summed E-state index contributed by atoms with van der Waals surface area (Å²) in [5.41, 5.74) is 1.05. The molecule has 138 valence electrons. The molecule has 5 nitrogen and oxygen atoms in total. The predicted octanol–water partition coefficient (Wildman–Crippen LogP) is 3.68. The number of hydrogen-bond donors (Lipinski definition) is 0. The van der Waals surface area contributed by atoms with Crippen molar-refractivity contribution in [3.05, 3.63) is 35.4 Å². The molecule has 0 aliphatic carbocycles. The molecule has 25 heavy (non-hydrogen) atoms. The Balaban J connectivity index is 1.49. The second-order valence-electron chi connectivity index (χ2n) is 6.30. The fourth-order valence-electron chi connectivity index (χ4n) is 2.87. The van der Waals surface area contributed by atoms with Gasteiger partial charge in [-0.2, -0.15) is 0 Å². The largest absolute Gasteiger partial charge is 0.379 e. The van der Waals surface area contributed by atoms with Crippen molar-refractivity contribution in [1.82, 2.24) is 4.90 Å². The minimum absolute atomic E-state index is 0.169. The van der Waals surface area contributed by atoms with Crippen molar-refractivity contribution >= 4 is 11.8 Å². The topological polar surface area (TPSA) is 55.8 Å². The summed E-state index contributed by atoms with van der Waals surface area (Å²) < 4.78 is 11.0. The van der Waals surface area contributed by atoms with Crippen LogP contribution in [0.25, 0.3) is 0 Å². The van der Waals surface area contributed by atoms with Crippen LogP contribution in [0.2, 0.25) is 0 Å². The van der Waals surface area contributed by atoms with Gasteiger partial charge < -0.3 is 9.47 Å². The van der Waals surface area contributed by atoms with Crippen LogP contribution in [0.5, 0.6) is 0 Å². The van der Waals surface area contributed by atoms with E-state index in [4.69, 9.17) is 9.47 Å². The zero-order valence-electron chi connectivity index (χ0n) is 15.2. The quantitative estimate of drug-likeness (QED) is 0.403. The highest BCUT2D eigenvalue weighted by Gasteiger charge is 2.34. The van der Waals surface area contributed by atoms with E-state index < -0.39 is 0 Å². The average molecular weight is 347 g/mol. The van der Waals surface area contributed by atoms with Crippen LogP contribution in [0, 0.1) is 0 Å². The lowest BCUT2D eigenvalue weighted by molar-refractivity contribution is 0.0446. The van der Waals surface area contributed by atoms with Crippen LogP contribution in [0.4, 0.5) is 0 Å². The smallest absolute Gasteiger partial charge is 0.261 e. The van der Waals surface area contributed by atoms with Gasteiger partial charge in [0.2, 0.25) is 0 Å². The van der Waals surface area contributed by atoms with E-state index in [1.807, 2.05) is 0 Å². The minimum atomic E-state index is -0.169. The van der Waals surface area contributed by atoms with E-state index in [0.29, 0.717) is 37.5 Å². The summed E-state index contributed by atoms with van der Waals surface area (Å²) in [6.07, 6.45) is 6.22. The number of carbonyl (C=O) groups is 2. The molecule has 1 aliphatic rings. The van der Waals surface area contributed by atoms with E-state index in [0.717, 1.165) is 32.3 Å². The second kappa shape index (κ2) is 11.0. The molecule has 5 heteroatoms. The van der Waals surface area contributed by atoms with Crippen LogP contribution in [0.3, 0.4) is 0 Å². The van der Waals surface area contributed by atoms with Crippen LogP contribution < -0.4 is 0 Å². The van der Waals surface area contributed by atoms with Gasteiger partial charge in [-0.1, -0.05) is 31.9 Å². The number of carbonyl (C=O) groups excluding carboxylic acids is 2. The molecule has 0 N–H and O–H groups in total. The first-order chi connectivity index (χ1) is 12.3. The SMILES string of the molecule is CCCCCOCCOCCCCCN1C(=O)c2ccccc2C1=O. The van der Waals surface area contributed by atoms with Crippen molar-refractivity contribution in [3.63, 3.8) is 0 Å². The molecule has 0 unspecified atom stereocenters. The normalized spacial score (nSPS) is 13.6. The number of benzene rings is 1. The van der Waals surface area contributed by atoms with Crippen LogP contribution in [-0.4, -0.2) is 49.7 Å². The number of imide groups is 1. The van der Waals surface area contributed by atoms with Gasteiger partial charge in [-0.05, 0) is 37.8 Å². The third kappa shape index (κ3) is 5.94. The lowest BCUT2D eigenvalue weighted by atomic mass is 10.1. The Morgan fingerprint density at radius 3 is 1.88 bits per heavy atom. The second-order valence-corrected chi connectivity index (χ2v) is 6.30. The minimum Gasteiger partial charge on any atom is -0.379 e. The Morgan fingerprint density at radius 1 is 0.760 bits per heavy atom. The van der Waals surface area contributed by atoms with Gasteiger partial charge in [0.25, 0.3) is 11.8 Å². The molecule has 0 fully saturated rings. The van der Waals surface area contributed by atoms with Crippen molar-refractivity contribution in [2.45, 2.75) is 45.4 Å². The Kier molecular flexibility index (Phi) is 8.63. The van der Waals surface area contributed by atoms with Gasteiger partial charge in [-0.3, -0.25) is 14.5 Å². The fraction of sp³-hybridized carbons (Fsp3) is 0.600. The van der Waals surface area contributed by atoms with Gasteiger partial charge in [-0.15, -0.1) is 0 Å². The maximum Gasteiger partial charge on any atom is 0.261 e. The molecule has 0 radical (unpaired) electrons. The lowest BCUT2D eigenvalue weighted by Gasteiger charge is -2.13. The maximum atomic E-state index is 12.2. The van der Waals surface area contributed by atoms with Crippen LogP contribution in [0.1, 0.15) is 66.2 Å². The molecular weight excluding hydrogens is 318 g/mol. The van der Waals surface area contributed by atoms with E-state index in [1.165, 1.54) is 17.7 Å². The van der Waals surface area contributed by atoms with Gasteiger partial charge in [0.15, 0.2) is 0 Å². The van der Waals surface area contributed by atoms with Crippen molar-refractivity contribution in [3.8, 4) is 0 Å². The number of hydrogen-bond acceptors (Lipinski definition) is 4. The van der Waals surface area contributed by atoms with Gasteiger partial charge in [0.05, 0.1) is 24.3 Å². The molecule has 0 atom stereocenters. The molecule has 2 amide bonds. The van der Waals surface area contributed by atoms with E-state index >= 15 is 0 Å². The highest BCUT2D eigenvalue weighted by atomic mass is 16.5. The third-order valence-electron chi connectivity index (χ3n) is 4.31. The fourth-order valence-corrected chi connectivity index (χ4v) is 2.87. The monoisotopic (exact) mass is 347 g/mol. The van der Waals surface area contributed by atoms with Crippen molar-refractivity contribution in [1.29, 1.82) is 0 Å². The number of ether oxygens (including phenoxy) is 2. The average Bonchev–Trinajstić information content (AvgIpc) is 2.87. The Bertz CT molecular complexity index is 523. The summed E-state index contributed by atoms with van der Waals surface area (Å²) in [6.45, 7) is 5.45. The first kappa shape index (κ1) is 19.6. The zero-order chi connectivity index (χ0) is 17.9.